The van der Waals surface area contributed by atoms with E-state index in [4.69, 9.17) is 4.74 Å². The first kappa shape index (κ1) is 15.6. The monoisotopic (exact) mass is 331 g/mol. The van der Waals surface area contributed by atoms with Crippen molar-refractivity contribution in [1.82, 2.24) is 9.99 Å². The van der Waals surface area contributed by atoms with E-state index in [0.29, 0.717) is 0 Å². The van der Waals surface area contributed by atoms with Crippen molar-refractivity contribution >= 4 is 27.9 Å². The van der Waals surface area contributed by atoms with Crippen LogP contribution < -0.4 is 10.7 Å². The van der Waals surface area contributed by atoms with Crippen LogP contribution in [0.25, 0.3) is 0 Å². The molecule has 19 heavy (non-hydrogen) atoms. The van der Waals surface area contributed by atoms with Crippen LogP contribution >= 0.6 is 15.9 Å². The number of aromatic nitrogens is 1. The summed E-state index contributed by atoms with van der Waals surface area (Å²) in [5.41, 5.74) is 2.02. The van der Waals surface area contributed by atoms with Gasteiger partial charge in [0.25, 0.3) is 5.91 Å². The molecule has 0 aromatic carbocycles. The molecule has 2 amide bonds. The van der Waals surface area contributed by atoms with Crippen LogP contribution in [-0.4, -0.2) is 28.3 Å². The highest BCUT2D eigenvalue weighted by Gasteiger charge is 2.21. The van der Waals surface area contributed by atoms with Crippen LogP contribution in [0, 0.1) is 0 Å². The van der Waals surface area contributed by atoms with Crippen LogP contribution in [0.2, 0.25) is 0 Å². The molecular formula is C12H18BrN3O3. The number of nitrogens with one attached hydrogen (secondary N) is 2. The van der Waals surface area contributed by atoms with Crippen molar-refractivity contribution in [2.45, 2.75) is 39.3 Å². The molecule has 1 aromatic heterocycles. The van der Waals surface area contributed by atoms with E-state index >= 15 is 0 Å². The van der Waals surface area contributed by atoms with Crippen molar-refractivity contribution < 1.29 is 14.3 Å². The maximum atomic E-state index is 11.8. The SMILES string of the molecule is C[C@H](NC(=O)OC(C)(C)C)C(=O)Nn1ccc(Br)c1. The first-order chi connectivity index (χ1) is 8.67. The van der Waals surface area contributed by atoms with Crippen molar-refractivity contribution in [2.24, 2.45) is 0 Å². The molecule has 1 rings (SSSR count). The van der Waals surface area contributed by atoms with Gasteiger partial charge in [-0.3, -0.25) is 14.9 Å². The quantitative estimate of drug-likeness (QED) is 0.892. The van der Waals surface area contributed by atoms with Crippen molar-refractivity contribution in [3.8, 4) is 0 Å². The van der Waals surface area contributed by atoms with Gasteiger partial charge < -0.3 is 10.1 Å². The van der Waals surface area contributed by atoms with E-state index in [2.05, 4.69) is 26.7 Å². The van der Waals surface area contributed by atoms with Crippen LogP contribution in [0.1, 0.15) is 27.7 Å². The second-order valence-electron chi connectivity index (χ2n) is 5.08. The van der Waals surface area contributed by atoms with Gasteiger partial charge in [-0.2, -0.15) is 0 Å². The minimum atomic E-state index is -0.698. The van der Waals surface area contributed by atoms with E-state index in [0.717, 1.165) is 4.47 Å². The first-order valence-electron chi connectivity index (χ1n) is 5.81. The highest BCUT2D eigenvalue weighted by atomic mass is 79.9. The predicted octanol–water partition coefficient (Wildman–Crippen LogP) is 2.23. The fraction of sp³-hybridized carbons (Fsp3) is 0.500. The zero-order chi connectivity index (χ0) is 14.6. The highest BCUT2D eigenvalue weighted by Crippen LogP contribution is 2.08. The van der Waals surface area contributed by atoms with Gasteiger partial charge in [-0.05, 0) is 49.7 Å². The lowest BCUT2D eigenvalue weighted by atomic mass is 10.2. The first-order valence-corrected chi connectivity index (χ1v) is 6.60. The van der Waals surface area contributed by atoms with Crippen molar-refractivity contribution in [2.75, 3.05) is 5.43 Å². The van der Waals surface area contributed by atoms with Crippen LogP contribution in [-0.2, 0) is 9.53 Å². The molecule has 1 aromatic rings. The average Bonchev–Trinajstić information content (AvgIpc) is 2.60. The van der Waals surface area contributed by atoms with E-state index in [1.54, 1.807) is 46.2 Å². The smallest absolute Gasteiger partial charge is 0.408 e. The molecule has 1 heterocycles. The molecule has 2 N–H and O–H groups in total. The lowest BCUT2D eigenvalue weighted by molar-refractivity contribution is -0.118. The molecule has 0 aliphatic carbocycles. The van der Waals surface area contributed by atoms with E-state index < -0.39 is 17.7 Å². The molecule has 0 aliphatic rings. The molecule has 0 bridgehead atoms. The zero-order valence-electron chi connectivity index (χ0n) is 11.4. The molecule has 106 valence electrons. The Morgan fingerprint density at radius 3 is 2.53 bits per heavy atom. The summed E-state index contributed by atoms with van der Waals surface area (Å²) in [6.45, 7) is 6.86. The summed E-state index contributed by atoms with van der Waals surface area (Å²) in [5, 5.41) is 2.46. The van der Waals surface area contributed by atoms with E-state index in [1.165, 1.54) is 4.68 Å². The second kappa shape index (κ2) is 6.10. The molecule has 0 radical (unpaired) electrons. The van der Waals surface area contributed by atoms with Gasteiger partial charge in [0.1, 0.15) is 11.6 Å². The zero-order valence-corrected chi connectivity index (χ0v) is 12.9. The van der Waals surface area contributed by atoms with Gasteiger partial charge >= 0.3 is 6.09 Å². The number of hydrogen-bond donors (Lipinski definition) is 2. The Kier molecular flexibility index (Phi) is 4.99. The molecule has 6 nitrogen and oxygen atoms in total. The van der Waals surface area contributed by atoms with Gasteiger partial charge in [-0.15, -0.1) is 0 Å². The van der Waals surface area contributed by atoms with Crippen LogP contribution in [0.4, 0.5) is 4.79 Å². The standard InChI is InChI=1S/C12H18BrN3O3/c1-8(14-11(18)19-12(2,3)4)10(17)15-16-6-5-9(13)7-16/h5-8H,1-4H3,(H,14,18)(H,15,17)/t8-/m0/s1. The number of halogens is 1. The average molecular weight is 332 g/mol. The summed E-state index contributed by atoms with van der Waals surface area (Å²) in [5.74, 6) is -0.339. The molecule has 0 saturated heterocycles. The lowest BCUT2D eigenvalue weighted by Crippen LogP contribution is -2.45. The number of rotatable bonds is 3. The third kappa shape index (κ3) is 5.78. The molecular weight excluding hydrogens is 314 g/mol. The Morgan fingerprint density at radius 2 is 2.05 bits per heavy atom. The van der Waals surface area contributed by atoms with Crippen molar-refractivity contribution in [1.29, 1.82) is 0 Å². The predicted molar refractivity (Wildman–Crippen MR) is 75.3 cm³/mol. The number of ether oxygens (including phenoxy) is 1. The van der Waals surface area contributed by atoms with Gasteiger partial charge in [0.05, 0.1) is 0 Å². The van der Waals surface area contributed by atoms with Gasteiger partial charge in [0, 0.05) is 16.9 Å². The highest BCUT2D eigenvalue weighted by molar-refractivity contribution is 9.10. The molecule has 0 saturated carbocycles. The van der Waals surface area contributed by atoms with Crippen molar-refractivity contribution in [3.05, 3.63) is 22.9 Å². The largest absolute Gasteiger partial charge is 0.444 e. The third-order valence-electron chi connectivity index (χ3n) is 2.02. The van der Waals surface area contributed by atoms with Crippen LogP contribution in [0.5, 0.6) is 0 Å². The molecule has 1 atom stereocenters. The number of nitrogens with zero attached hydrogens (tertiary/aromatic N) is 1. The maximum Gasteiger partial charge on any atom is 0.408 e. The normalized spacial score (nSPS) is 12.7. The van der Waals surface area contributed by atoms with Gasteiger partial charge in [0.15, 0.2) is 0 Å². The summed E-state index contributed by atoms with van der Waals surface area (Å²) in [7, 11) is 0. The number of carbonyl (C=O) groups is 2. The third-order valence-corrected chi connectivity index (χ3v) is 2.49. The summed E-state index contributed by atoms with van der Waals surface area (Å²) in [4.78, 5) is 23.3. The van der Waals surface area contributed by atoms with E-state index in [9.17, 15) is 9.59 Å². The lowest BCUT2D eigenvalue weighted by Gasteiger charge is -2.21. The molecule has 0 spiro atoms. The van der Waals surface area contributed by atoms with Gasteiger partial charge in [-0.1, -0.05) is 0 Å². The Labute approximate surface area is 120 Å². The van der Waals surface area contributed by atoms with E-state index in [1.807, 2.05) is 0 Å². The number of alkyl carbamates (subject to hydrolysis) is 1. The Hall–Kier alpha value is -1.50. The molecule has 0 unspecified atom stereocenters. The Morgan fingerprint density at radius 1 is 1.42 bits per heavy atom. The molecule has 0 fully saturated rings. The van der Waals surface area contributed by atoms with Crippen molar-refractivity contribution in [3.63, 3.8) is 0 Å². The van der Waals surface area contributed by atoms with Crippen LogP contribution in [0.15, 0.2) is 22.9 Å². The summed E-state index contributed by atoms with van der Waals surface area (Å²) in [6, 6.07) is 1.09. The number of hydrogen-bond acceptors (Lipinski definition) is 3. The van der Waals surface area contributed by atoms with Gasteiger partial charge in [0.2, 0.25) is 0 Å². The number of carbonyl (C=O) groups excluding carboxylic acids is 2. The van der Waals surface area contributed by atoms with Crippen LogP contribution in [0.3, 0.4) is 0 Å². The number of amides is 2. The van der Waals surface area contributed by atoms with Gasteiger partial charge in [-0.25, -0.2) is 4.79 Å². The fourth-order valence-corrected chi connectivity index (χ4v) is 1.55. The molecule has 0 aliphatic heterocycles. The van der Waals surface area contributed by atoms with E-state index in [-0.39, 0.29) is 5.91 Å². The maximum absolute atomic E-state index is 11.8. The topological polar surface area (TPSA) is 72.4 Å². The second-order valence-corrected chi connectivity index (χ2v) is 6.00. The summed E-state index contributed by atoms with van der Waals surface area (Å²) < 4.78 is 7.42. The minimum absolute atomic E-state index is 0.339. The Bertz CT molecular complexity index is 465. The molecule has 7 heteroatoms. The summed E-state index contributed by atoms with van der Waals surface area (Å²) >= 11 is 3.27. The summed E-state index contributed by atoms with van der Waals surface area (Å²) in [6.07, 6.45) is 2.75. The Balaban J connectivity index is 2.47. The fourth-order valence-electron chi connectivity index (χ4n) is 1.21. The minimum Gasteiger partial charge on any atom is -0.444 e.